The normalized spacial score (nSPS) is 12.6. The SMILES string of the molecule is CN(C)CCSc1c2ccccc2cn1C(CCC(=O)O)C(=O)O. The van der Waals surface area contributed by atoms with Crippen LogP contribution >= 0.6 is 11.8 Å². The standard InChI is InChI=1S/C17H22N2O4S/c1-18(2)9-10-24-16-13-6-4-3-5-12(13)11-19(16)14(17(22)23)7-8-15(20)21/h3-6,11,14H,7-10H2,1-2H3,(H,20,21)(H,22,23). The number of hydrogen-bond donors (Lipinski definition) is 2. The average Bonchev–Trinajstić information content (AvgIpc) is 2.85. The van der Waals surface area contributed by atoms with E-state index in [4.69, 9.17) is 5.11 Å². The summed E-state index contributed by atoms with van der Waals surface area (Å²) in [6.07, 6.45) is 1.70. The molecule has 6 nitrogen and oxygen atoms in total. The van der Waals surface area contributed by atoms with Crippen LogP contribution in [0.5, 0.6) is 0 Å². The third kappa shape index (κ3) is 4.52. The summed E-state index contributed by atoms with van der Waals surface area (Å²) < 4.78 is 1.72. The fraction of sp³-hybridized carbons (Fsp3) is 0.412. The smallest absolute Gasteiger partial charge is 0.326 e. The van der Waals surface area contributed by atoms with Gasteiger partial charge in [0.15, 0.2) is 0 Å². The van der Waals surface area contributed by atoms with Crippen molar-refractivity contribution in [2.75, 3.05) is 26.4 Å². The van der Waals surface area contributed by atoms with Crippen LogP contribution in [-0.4, -0.2) is 58.0 Å². The third-order valence-corrected chi connectivity index (χ3v) is 4.82. The number of fused-ring (bicyclic) bond motifs is 1. The summed E-state index contributed by atoms with van der Waals surface area (Å²) in [4.78, 5) is 24.6. The maximum absolute atomic E-state index is 11.7. The first-order chi connectivity index (χ1) is 11.4. The highest BCUT2D eigenvalue weighted by Gasteiger charge is 2.24. The molecule has 1 aromatic heterocycles. The van der Waals surface area contributed by atoms with Crippen molar-refractivity contribution in [2.24, 2.45) is 0 Å². The number of thioether (sulfide) groups is 1. The van der Waals surface area contributed by atoms with Crippen molar-refractivity contribution in [1.29, 1.82) is 0 Å². The average molecular weight is 350 g/mol. The molecule has 0 amide bonds. The Morgan fingerprint density at radius 3 is 2.58 bits per heavy atom. The van der Waals surface area contributed by atoms with E-state index in [0.29, 0.717) is 0 Å². The van der Waals surface area contributed by atoms with Gasteiger partial charge in [-0.1, -0.05) is 24.3 Å². The van der Waals surface area contributed by atoms with Gasteiger partial charge >= 0.3 is 11.9 Å². The van der Waals surface area contributed by atoms with Gasteiger partial charge in [-0.3, -0.25) is 4.79 Å². The molecule has 1 aromatic carbocycles. The molecule has 2 rings (SSSR count). The molecule has 24 heavy (non-hydrogen) atoms. The van der Waals surface area contributed by atoms with Crippen LogP contribution in [-0.2, 0) is 9.59 Å². The second-order valence-corrected chi connectivity index (χ2v) is 6.95. The van der Waals surface area contributed by atoms with Gasteiger partial charge in [-0.2, -0.15) is 0 Å². The number of carbonyl (C=O) groups is 2. The van der Waals surface area contributed by atoms with Gasteiger partial charge in [0.1, 0.15) is 6.04 Å². The number of aliphatic carboxylic acids is 2. The van der Waals surface area contributed by atoms with Gasteiger partial charge in [0, 0.05) is 35.7 Å². The number of benzene rings is 1. The molecule has 0 saturated carbocycles. The quantitative estimate of drug-likeness (QED) is 0.677. The lowest BCUT2D eigenvalue weighted by atomic mass is 10.1. The molecule has 0 aliphatic rings. The molecule has 0 fully saturated rings. The van der Waals surface area contributed by atoms with Crippen molar-refractivity contribution in [2.45, 2.75) is 23.9 Å². The third-order valence-electron chi connectivity index (χ3n) is 3.73. The molecule has 0 radical (unpaired) electrons. The first-order valence-corrected chi connectivity index (χ1v) is 8.70. The maximum atomic E-state index is 11.7. The lowest BCUT2D eigenvalue weighted by Crippen LogP contribution is -2.21. The van der Waals surface area contributed by atoms with Gasteiger partial charge in [0.25, 0.3) is 0 Å². The molecule has 2 N–H and O–H groups in total. The van der Waals surface area contributed by atoms with E-state index in [2.05, 4.69) is 4.90 Å². The van der Waals surface area contributed by atoms with Gasteiger partial charge < -0.3 is 19.7 Å². The zero-order valence-corrected chi connectivity index (χ0v) is 14.6. The lowest BCUT2D eigenvalue weighted by Gasteiger charge is -2.17. The van der Waals surface area contributed by atoms with Crippen LogP contribution in [0, 0.1) is 0 Å². The molecule has 0 saturated heterocycles. The second-order valence-electron chi connectivity index (χ2n) is 5.87. The summed E-state index contributed by atoms with van der Waals surface area (Å²) in [5.41, 5.74) is 0. The second kappa shape index (κ2) is 8.21. The van der Waals surface area contributed by atoms with E-state index in [9.17, 15) is 14.7 Å². The summed E-state index contributed by atoms with van der Waals surface area (Å²) in [6.45, 7) is 0.872. The molecule has 1 unspecified atom stereocenters. The van der Waals surface area contributed by atoms with E-state index in [-0.39, 0.29) is 12.8 Å². The van der Waals surface area contributed by atoms with Crippen molar-refractivity contribution in [1.82, 2.24) is 9.47 Å². The number of nitrogens with zero attached hydrogens (tertiary/aromatic N) is 2. The topological polar surface area (TPSA) is 82.8 Å². The van der Waals surface area contributed by atoms with Crippen molar-refractivity contribution in [3.8, 4) is 0 Å². The molecule has 0 aliphatic carbocycles. The Kier molecular flexibility index (Phi) is 6.28. The van der Waals surface area contributed by atoms with E-state index in [1.165, 1.54) is 0 Å². The zero-order valence-electron chi connectivity index (χ0n) is 13.8. The van der Waals surface area contributed by atoms with Crippen molar-refractivity contribution in [3.63, 3.8) is 0 Å². The van der Waals surface area contributed by atoms with Gasteiger partial charge in [0.2, 0.25) is 0 Å². The summed E-state index contributed by atoms with van der Waals surface area (Å²) in [5.74, 6) is -1.17. The minimum atomic E-state index is -1.01. The molecule has 0 bridgehead atoms. The predicted molar refractivity (Wildman–Crippen MR) is 94.8 cm³/mol. The van der Waals surface area contributed by atoms with Crippen molar-refractivity contribution < 1.29 is 19.8 Å². The van der Waals surface area contributed by atoms with Gasteiger partial charge in [0.05, 0.1) is 5.03 Å². The van der Waals surface area contributed by atoms with Crippen LogP contribution in [0.3, 0.4) is 0 Å². The van der Waals surface area contributed by atoms with Gasteiger partial charge in [-0.25, -0.2) is 4.79 Å². The summed E-state index contributed by atoms with van der Waals surface area (Å²) in [5, 5.41) is 21.3. The first kappa shape index (κ1) is 18.4. The Hall–Kier alpha value is -1.99. The number of hydrogen-bond acceptors (Lipinski definition) is 4. The Morgan fingerprint density at radius 1 is 1.25 bits per heavy atom. The number of carboxylic acids is 2. The molecular weight excluding hydrogens is 328 g/mol. The molecule has 2 aromatic rings. The fourth-order valence-electron chi connectivity index (χ4n) is 2.50. The lowest BCUT2D eigenvalue weighted by molar-refractivity contribution is -0.142. The Balaban J connectivity index is 2.38. The van der Waals surface area contributed by atoms with E-state index in [1.807, 2.05) is 44.6 Å². The number of rotatable bonds is 9. The highest BCUT2D eigenvalue weighted by molar-refractivity contribution is 7.99. The monoisotopic (exact) mass is 350 g/mol. The van der Waals surface area contributed by atoms with Crippen LogP contribution in [0.25, 0.3) is 10.8 Å². The highest BCUT2D eigenvalue weighted by atomic mass is 32.2. The van der Waals surface area contributed by atoms with E-state index < -0.39 is 18.0 Å². The summed E-state index contributed by atoms with van der Waals surface area (Å²) >= 11 is 1.60. The molecule has 1 atom stereocenters. The van der Waals surface area contributed by atoms with Gasteiger partial charge in [-0.15, -0.1) is 11.8 Å². The minimum Gasteiger partial charge on any atom is -0.481 e. The van der Waals surface area contributed by atoms with Crippen LogP contribution in [0.15, 0.2) is 35.5 Å². The van der Waals surface area contributed by atoms with Crippen LogP contribution in [0.4, 0.5) is 0 Å². The zero-order chi connectivity index (χ0) is 17.7. The Bertz CT molecular complexity index is 726. The molecule has 1 heterocycles. The van der Waals surface area contributed by atoms with Crippen molar-refractivity contribution >= 4 is 34.5 Å². The van der Waals surface area contributed by atoms with Crippen LogP contribution in [0.2, 0.25) is 0 Å². The number of carboxylic acid groups (broad SMARTS) is 2. The molecule has 0 spiro atoms. The molecule has 130 valence electrons. The van der Waals surface area contributed by atoms with E-state index in [1.54, 1.807) is 16.3 Å². The minimum absolute atomic E-state index is 0.0624. The van der Waals surface area contributed by atoms with Crippen LogP contribution < -0.4 is 0 Å². The summed E-state index contributed by atoms with van der Waals surface area (Å²) in [6, 6.07) is 6.87. The van der Waals surface area contributed by atoms with E-state index >= 15 is 0 Å². The van der Waals surface area contributed by atoms with Crippen molar-refractivity contribution in [3.05, 3.63) is 30.5 Å². The molecule has 7 heteroatoms. The maximum Gasteiger partial charge on any atom is 0.326 e. The Morgan fingerprint density at radius 2 is 1.96 bits per heavy atom. The number of aromatic nitrogens is 1. The molecule has 0 aliphatic heterocycles. The van der Waals surface area contributed by atoms with Gasteiger partial charge in [-0.05, 0) is 20.5 Å². The fourth-order valence-corrected chi connectivity index (χ4v) is 3.82. The largest absolute Gasteiger partial charge is 0.481 e. The summed E-state index contributed by atoms with van der Waals surface area (Å²) in [7, 11) is 3.98. The highest BCUT2D eigenvalue weighted by Crippen LogP contribution is 2.34. The first-order valence-electron chi connectivity index (χ1n) is 7.72. The molecular formula is C17H22N2O4S. The predicted octanol–water partition coefficient (Wildman–Crippen LogP) is 2.79. The van der Waals surface area contributed by atoms with Crippen LogP contribution in [0.1, 0.15) is 18.9 Å². The Labute approximate surface area is 145 Å². The van der Waals surface area contributed by atoms with E-state index in [0.717, 1.165) is 28.1 Å².